The Morgan fingerprint density at radius 3 is 2.53 bits per heavy atom. The summed E-state index contributed by atoms with van der Waals surface area (Å²) in [5, 5.41) is 3.69. The maximum Gasteiger partial charge on any atom is 0.416 e. The fourth-order valence-corrected chi connectivity index (χ4v) is 3.02. The lowest BCUT2D eigenvalue weighted by Crippen LogP contribution is -2.05. The summed E-state index contributed by atoms with van der Waals surface area (Å²) in [6.45, 7) is 1.98. The molecule has 0 fully saturated rings. The highest BCUT2D eigenvalue weighted by atomic mass is 19.4. The summed E-state index contributed by atoms with van der Waals surface area (Å²) in [6, 6.07) is 11.8. The number of aromatic amines is 1. The van der Waals surface area contributed by atoms with Crippen LogP contribution in [0.4, 0.5) is 29.1 Å². The van der Waals surface area contributed by atoms with Gasteiger partial charge in [-0.2, -0.15) is 13.2 Å². The van der Waals surface area contributed by atoms with Crippen LogP contribution in [0.5, 0.6) is 5.75 Å². The highest BCUT2D eigenvalue weighted by Crippen LogP contribution is 2.29. The molecule has 0 saturated heterocycles. The van der Waals surface area contributed by atoms with Gasteiger partial charge in [-0.25, -0.2) is 9.37 Å². The zero-order chi connectivity index (χ0) is 21.3. The summed E-state index contributed by atoms with van der Waals surface area (Å²) in [5.74, 6) is 0.809. The van der Waals surface area contributed by atoms with Gasteiger partial charge in [-0.05, 0) is 54.4 Å². The number of nitrogens with zero attached hydrogens (tertiary/aromatic N) is 1. The van der Waals surface area contributed by atoms with Crippen molar-refractivity contribution in [3.05, 3.63) is 83.4 Å². The number of rotatable bonds is 5. The quantitative estimate of drug-likeness (QED) is 0.373. The lowest BCUT2D eigenvalue weighted by molar-refractivity contribution is -0.137. The average molecular weight is 415 g/mol. The smallest absolute Gasteiger partial charge is 0.416 e. The molecule has 4 nitrogen and oxygen atoms in total. The number of nitrogens with one attached hydrogen (secondary N) is 2. The van der Waals surface area contributed by atoms with E-state index in [0.717, 1.165) is 23.4 Å². The lowest BCUT2D eigenvalue weighted by atomic mass is 10.1. The van der Waals surface area contributed by atoms with E-state index in [1.165, 1.54) is 24.5 Å². The van der Waals surface area contributed by atoms with Gasteiger partial charge in [0.2, 0.25) is 0 Å². The number of alkyl halides is 3. The molecule has 2 aromatic carbocycles. The summed E-state index contributed by atoms with van der Waals surface area (Å²) >= 11 is 0. The number of aromatic nitrogens is 2. The summed E-state index contributed by atoms with van der Waals surface area (Å²) in [7, 11) is 0. The number of pyridine rings is 1. The van der Waals surface area contributed by atoms with Gasteiger partial charge < -0.3 is 15.0 Å². The monoisotopic (exact) mass is 415 g/mol. The number of ether oxygens (including phenoxy) is 1. The second-order valence-electron chi connectivity index (χ2n) is 6.84. The van der Waals surface area contributed by atoms with Crippen LogP contribution in [0.15, 0.2) is 60.9 Å². The number of hydrogen-bond acceptors (Lipinski definition) is 3. The zero-order valence-corrected chi connectivity index (χ0v) is 15.8. The first kappa shape index (κ1) is 19.8. The molecular weight excluding hydrogens is 398 g/mol. The Kier molecular flexibility index (Phi) is 5.07. The van der Waals surface area contributed by atoms with E-state index in [0.29, 0.717) is 28.0 Å². The van der Waals surface area contributed by atoms with Gasteiger partial charge in [0.15, 0.2) is 0 Å². The Morgan fingerprint density at radius 1 is 1.07 bits per heavy atom. The molecule has 2 N–H and O–H groups in total. The summed E-state index contributed by atoms with van der Waals surface area (Å²) in [6.07, 6.45) is -1.52. The van der Waals surface area contributed by atoms with Crippen LogP contribution >= 0.6 is 0 Å². The van der Waals surface area contributed by atoms with E-state index in [1.54, 1.807) is 24.3 Å². The highest BCUT2D eigenvalue weighted by Gasteiger charge is 2.29. The number of benzene rings is 2. The Balaban J connectivity index is 1.42. The third kappa shape index (κ3) is 4.22. The second kappa shape index (κ2) is 7.70. The van der Waals surface area contributed by atoms with Crippen molar-refractivity contribution in [3.8, 4) is 5.75 Å². The maximum atomic E-state index is 13.6. The summed E-state index contributed by atoms with van der Waals surface area (Å²) < 4.78 is 57.1. The van der Waals surface area contributed by atoms with Gasteiger partial charge in [0.1, 0.15) is 24.0 Å². The van der Waals surface area contributed by atoms with Crippen molar-refractivity contribution in [3.63, 3.8) is 0 Å². The lowest BCUT2D eigenvalue weighted by Gasteiger charge is -2.12. The van der Waals surface area contributed by atoms with Crippen LogP contribution in [0.1, 0.15) is 16.7 Å². The van der Waals surface area contributed by atoms with E-state index >= 15 is 0 Å². The van der Waals surface area contributed by atoms with Gasteiger partial charge in [0.05, 0.1) is 17.3 Å². The van der Waals surface area contributed by atoms with Crippen molar-refractivity contribution in [2.24, 2.45) is 0 Å². The number of anilines is 2. The third-order valence-corrected chi connectivity index (χ3v) is 4.63. The van der Waals surface area contributed by atoms with Gasteiger partial charge >= 0.3 is 6.18 Å². The predicted octanol–water partition coefficient (Wildman–Crippen LogP) is 6.35. The first-order valence-electron chi connectivity index (χ1n) is 9.09. The molecule has 0 aliphatic rings. The molecule has 154 valence electrons. The summed E-state index contributed by atoms with van der Waals surface area (Å²) in [4.78, 5) is 7.21. The van der Waals surface area contributed by atoms with E-state index in [9.17, 15) is 17.6 Å². The molecule has 2 aromatic heterocycles. The van der Waals surface area contributed by atoms with Gasteiger partial charge in [-0.3, -0.25) is 0 Å². The molecule has 0 aliphatic heterocycles. The van der Waals surface area contributed by atoms with E-state index < -0.39 is 11.7 Å². The first-order valence-corrected chi connectivity index (χ1v) is 9.09. The largest absolute Gasteiger partial charge is 0.487 e. The molecule has 0 radical (unpaired) electrons. The predicted molar refractivity (Wildman–Crippen MR) is 106 cm³/mol. The molecule has 4 rings (SSSR count). The van der Waals surface area contributed by atoms with E-state index in [4.69, 9.17) is 4.74 Å². The Hall–Kier alpha value is -3.55. The average Bonchev–Trinajstić information content (AvgIpc) is 3.08. The van der Waals surface area contributed by atoms with E-state index in [2.05, 4.69) is 15.3 Å². The van der Waals surface area contributed by atoms with Gasteiger partial charge in [0.25, 0.3) is 0 Å². The molecule has 0 spiro atoms. The van der Waals surface area contributed by atoms with Crippen LogP contribution in [-0.2, 0) is 12.8 Å². The van der Waals surface area contributed by atoms with Gasteiger partial charge in [0, 0.05) is 17.3 Å². The van der Waals surface area contributed by atoms with Crippen molar-refractivity contribution in [1.29, 1.82) is 0 Å². The van der Waals surface area contributed by atoms with Crippen molar-refractivity contribution in [1.82, 2.24) is 9.97 Å². The molecule has 0 bridgehead atoms. The Bertz CT molecular complexity index is 1180. The molecule has 0 unspecified atom stereocenters. The fourth-order valence-electron chi connectivity index (χ4n) is 3.02. The Labute approximate surface area is 169 Å². The minimum atomic E-state index is -4.36. The molecule has 8 heteroatoms. The minimum absolute atomic E-state index is 0.126. The Morgan fingerprint density at radius 2 is 1.83 bits per heavy atom. The van der Waals surface area contributed by atoms with Crippen molar-refractivity contribution < 1.29 is 22.3 Å². The van der Waals surface area contributed by atoms with E-state index in [-0.39, 0.29) is 12.4 Å². The maximum absolute atomic E-state index is 13.6. The first-order chi connectivity index (χ1) is 14.3. The number of fused-ring (bicyclic) bond motifs is 1. The molecule has 4 aromatic rings. The van der Waals surface area contributed by atoms with Crippen LogP contribution < -0.4 is 10.1 Å². The van der Waals surface area contributed by atoms with Crippen LogP contribution in [0, 0.1) is 12.7 Å². The zero-order valence-electron chi connectivity index (χ0n) is 15.8. The number of aryl methyl sites for hydroxylation is 1. The number of hydrogen-bond donors (Lipinski definition) is 2. The normalized spacial score (nSPS) is 11.6. The minimum Gasteiger partial charge on any atom is -0.487 e. The van der Waals surface area contributed by atoms with E-state index in [1.807, 2.05) is 6.92 Å². The van der Waals surface area contributed by atoms with Crippen molar-refractivity contribution in [2.75, 3.05) is 5.32 Å². The van der Waals surface area contributed by atoms with Crippen LogP contribution in [0.3, 0.4) is 0 Å². The SMILES string of the molecule is Cc1cc(OCc2ccc(C(F)(F)F)cc2)cnc1Nc1ccc2c(F)c[nH]c2c1. The number of H-pyrrole nitrogens is 1. The topological polar surface area (TPSA) is 49.9 Å². The molecule has 0 amide bonds. The van der Waals surface area contributed by atoms with Crippen LogP contribution in [-0.4, -0.2) is 9.97 Å². The van der Waals surface area contributed by atoms with Crippen molar-refractivity contribution >= 4 is 22.4 Å². The highest BCUT2D eigenvalue weighted by molar-refractivity contribution is 5.84. The van der Waals surface area contributed by atoms with Crippen molar-refractivity contribution in [2.45, 2.75) is 19.7 Å². The molecule has 0 atom stereocenters. The van der Waals surface area contributed by atoms with Gasteiger partial charge in [-0.1, -0.05) is 12.1 Å². The van der Waals surface area contributed by atoms with Gasteiger partial charge in [-0.15, -0.1) is 0 Å². The fraction of sp³-hybridized carbons (Fsp3) is 0.136. The third-order valence-electron chi connectivity index (χ3n) is 4.63. The standard InChI is InChI=1S/C22H17F4N3O/c1-13-8-17(30-12-14-2-4-15(5-3-14)22(24,25)26)10-28-21(13)29-16-6-7-18-19(23)11-27-20(18)9-16/h2-11,27H,12H2,1H3,(H,28,29). The van der Waals surface area contributed by atoms with Crippen LogP contribution in [0.25, 0.3) is 10.9 Å². The molecule has 30 heavy (non-hydrogen) atoms. The molecular formula is C22H17F4N3O. The molecule has 2 heterocycles. The van der Waals surface area contributed by atoms with Crippen LogP contribution in [0.2, 0.25) is 0 Å². The molecule has 0 saturated carbocycles. The summed E-state index contributed by atoms with van der Waals surface area (Å²) in [5.41, 5.74) is 2.16. The second-order valence-corrected chi connectivity index (χ2v) is 6.84. The number of halogens is 4. The molecule has 0 aliphatic carbocycles.